The molecule has 0 saturated carbocycles. The van der Waals surface area contributed by atoms with E-state index in [0.29, 0.717) is 17.9 Å². The number of nitrogens with zero attached hydrogens (tertiary/aromatic N) is 5. The first kappa shape index (κ1) is 14.6. The molecule has 2 aromatic rings. The minimum Gasteiger partial charge on any atom is -0.362 e. The number of hydrogen-bond donors (Lipinski definition) is 0. The van der Waals surface area contributed by atoms with E-state index in [1.54, 1.807) is 12.4 Å². The molecule has 1 aliphatic rings. The van der Waals surface area contributed by atoms with E-state index in [-0.39, 0.29) is 11.9 Å². The lowest BCUT2D eigenvalue weighted by molar-refractivity contribution is 0.0673. The fourth-order valence-corrected chi connectivity index (χ4v) is 2.94. The van der Waals surface area contributed by atoms with Gasteiger partial charge < -0.3 is 9.80 Å². The lowest BCUT2D eigenvalue weighted by atomic mass is 10.0. The average Bonchev–Trinajstić information content (AvgIpc) is 3.09. The Balaban J connectivity index is 1.80. The summed E-state index contributed by atoms with van der Waals surface area (Å²) in [5.74, 6) is 0.766. The quantitative estimate of drug-likeness (QED) is 0.867. The van der Waals surface area contributed by atoms with Gasteiger partial charge in [0.2, 0.25) is 0 Å². The molecule has 0 N–H and O–H groups in total. The van der Waals surface area contributed by atoms with Crippen LogP contribution in [0.5, 0.6) is 0 Å². The number of pyridine rings is 1. The van der Waals surface area contributed by atoms with E-state index in [1.165, 1.54) is 0 Å². The summed E-state index contributed by atoms with van der Waals surface area (Å²) in [7, 11) is 3.81. The lowest BCUT2D eigenvalue weighted by Crippen LogP contribution is -2.41. The van der Waals surface area contributed by atoms with Crippen molar-refractivity contribution in [1.82, 2.24) is 19.7 Å². The van der Waals surface area contributed by atoms with Crippen molar-refractivity contribution in [2.24, 2.45) is 0 Å². The Hall–Kier alpha value is -2.37. The van der Waals surface area contributed by atoms with Gasteiger partial charge in [0.15, 0.2) is 0 Å². The zero-order valence-corrected chi connectivity index (χ0v) is 13.0. The van der Waals surface area contributed by atoms with Crippen molar-refractivity contribution in [3.8, 4) is 0 Å². The van der Waals surface area contributed by atoms with Crippen LogP contribution in [0.15, 0.2) is 36.8 Å². The summed E-state index contributed by atoms with van der Waals surface area (Å²) in [5.41, 5.74) is 0.661. The summed E-state index contributed by atoms with van der Waals surface area (Å²) in [5, 5.41) is 4.31. The summed E-state index contributed by atoms with van der Waals surface area (Å²) in [6, 6.07) is 5.84. The molecular formula is C16H21N5O. The zero-order chi connectivity index (χ0) is 15.5. The third kappa shape index (κ3) is 2.81. The molecule has 1 fully saturated rings. The summed E-state index contributed by atoms with van der Waals surface area (Å²) < 4.78 is 1.95. The van der Waals surface area contributed by atoms with Crippen LogP contribution < -0.4 is 4.90 Å². The van der Waals surface area contributed by atoms with Crippen LogP contribution in [0.1, 0.15) is 29.2 Å². The number of rotatable bonds is 3. The third-order valence-corrected chi connectivity index (χ3v) is 4.02. The van der Waals surface area contributed by atoms with Gasteiger partial charge in [0.05, 0.1) is 11.6 Å². The maximum atomic E-state index is 12.9. The van der Waals surface area contributed by atoms with Gasteiger partial charge in [0.1, 0.15) is 5.82 Å². The van der Waals surface area contributed by atoms with E-state index in [9.17, 15) is 4.79 Å². The van der Waals surface area contributed by atoms with Crippen LogP contribution in [0.4, 0.5) is 5.82 Å². The minimum atomic E-state index is 0.0497. The van der Waals surface area contributed by atoms with Crippen LogP contribution in [0.25, 0.3) is 0 Å². The molecule has 1 atom stereocenters. The van der Waals surface area contributed by atoms with Crippen molar-refractivity contribution in [2.75, 3.05) is 32.1 Å². The Kier molecular flexibility index (Phi) is 4.09. The molecule has 1 saturated heterocycles. The maximum Gasteiger partial charge on any atom is 0.257 e. The second kappa shape index (κ2) is 6.17. The Labute approximate surface area is 130 Å². The van der Waals surface area contributed by atoms with Crippen LogP contribution >= 0.6 is 0 Å². The fourth-order valence-electron chi connectivity index (χ4n) is 2.94. The van der Waals surface area contributed by atoms with Gasteiger partial charge in [0.25, 0.3) is 5.91 Å². The number of carbonyl (C=O) groups excluding carboxylic acids is 1. The maximum absolute atomic E-state index is 12.9. The first-order chi connectivity index (χ1) is 10.7. The normalized spacial score (nSPS) is 18.3. The molecule has 1 aliphatic heterocycles. The Morgan fingerprint density at radius 3 is 2.91 bits per heavy atom. The molecule has 116 valence electrons. The molecule has 6 nitrogen and oxygen atoms in total. The number of piperidine rings is 1. The Morgan fingerprint density at radius 1 is 1.32 bits per heavy atom. The van der Waals surface area contributed by atoms with Gasteiger partial charge in [0, 0.05) is 45.8 Å². The van der Waals surface area contributed by atoms with E-state index in [4.69, 9.17) is 0 Å². The highest BCUT2D eigenvalue weighted by molar-refractivity contribution is 5.98. The predicted octanol–water partition coefficient (Wildman–Crippen LogP) is 1.82. The second-order valence-electron chi connectivity index (χ2n) is 5.80. The van der Waals surface area contributed by atoms with E-state index < -0.39 is 0 Å². The van der Waals surface area contributed by atoms with Crippen molar-refractivity contribution in [2.45, 2.75) is 18.9 Å². The number of hydrogen-bond acceptors (Lipinski definition) is 4. The zero-order valence-electron chi connectivity index (χ0n) is 13.0. The topological polar surface area (TPSA) is 54.3 Å². The average molecular weight is 299 g/mol. The highest BCUT2D eigenvalue weighted by Crippen LogP contribution is 2.24. The van der Waals surface area contributed by atoms with Gasteiger partial charge in [-0.05, 0) is 31.0 Å². The van der Waals surface area contributed by atoms with E-state index in [1.807, 2.05) is 53.0 Å². The molecule has 0 unspecified atom stereocenters. The van der Waals surface area contributed by atoms with Crippen LogP contribution in [-0.4, -0.2) is 52.8 Å². The summed E-state index contributed by atoms with van der Waals surface area (Å²) in [4.78, 5) is 21.0. The van der Waals surface area contributed by atoms with Gasteiger partial charge in [-0.1, -0.05) is 0 Å². The van der Waals surface area contributed by atoms with Crippen molar-refractivity contribution in [3.05, 3.63) is 42.4 Å². The molecule has 3 rings (SSSR count). The number of aromatic nitrogens is 3. The summed E-state index contributed by atoms with van der Waals surface area (Å²) >= 11 is 0. The first-order valence-corrected chi connectivity index (χ1v) is 7.57. The molecule has 22 heavy (non-hydrogen) atoms. The monoisotopic (exact) mass is 299 g/mol. The Bertz CT molecular complexity index is 638. The molecule has 0 radical (unpaired) electrons. The minimum absolute atomic E-state index is 0.0497. The van der Waals surface area contributed by atoms with Crippen molar-refractivity contribution >= 4 is 11.7 Å². The molecule has 6 heteroatoms. The van der Waals surface area contributed by atoms with Crippen LogP contribution in [0, 0.1) is 0 Å². The lowest BCUT2D eigenvalue weighted by Gasteiger charge is -2.33. The fraction of sp³-hybridized carbons (Fsp3) is 0.438. The first-order valence-electron chi connectivity index (χ1n) is 7.57. The van der Waals surface area contributed by atoms with Crippen LogP contribution in [0.3, 0.4) is 0 Å². The van der Waals surface area contributed by atoms with Crippen molar-refractivity contribution in [1.29, 1.82) is 0 Å². The van der Waals surface area contributed by atoms with Gasteiger partial charge >= 0.3 is 0 Å². The van der Waals surface area contributed by atoms with Gasteiger partial charge in [-0.2, -0.15) is 5.10 Å². The van der Waals surface area contributed by atoms with E-state index in [0.717, 1.165) is 19.4 Å². The highest BCUT2D eigenvalue weighted by Gasteiger charge is 2.27. The van der Waals surface area contributed by atoms with Gasteiger partial charge in [-0.15, -0.1) is 0 Å². The van der Waals surface area contributed by atoms with Crippen LogP contribution in [0.2, 0.25) is 0 Å². The number of likely N-dealkylation sites (tertiary alicyclic amines) is 1. The van der Waals surface area contributed by atoms with Crippen molar-refractivity contribution < 1.29 is 4.79 Å². The largest absolute Gasteiger partial charge is 0.362 e. The molecule has 0 aromatic carbocycles. The molecule has 2 aromatic heterocycles. The summed E-state index contributed by atoms with van der Waals surface area (Å²) in [6.07, 6.45) is 7.52. The van der Waals surface area contributed by atoms with E-state index in [2.05, 4.69) is 10.1 Å². The van der Waals surface area contributed by atoms with Crippen molar-refractivity contribution in [3.63, 3.8) is 0 Å². The molecule has 1 amide bonds. The van der Waals surface area contributed by atoms with E-state index >= 15 is 0 Å². The number of anilines is 1. The van der Waals surface area contributed by atoms with Crippen LogP contribution in [-0.2, 0) is 0 Å². The molecule has 0 bridgehead atoms. The van der Waals surface area contributed by atoms with Gasteiger partial charge in [-0.3, -0.25) is 9.48 Å². The van der Waals surface area contributed by atoms with Gasteiger partial charge in [-0.25, -0.2) is 4.98 Å². The molecule has 3 heterocycles. The SMILES string of the molecule is CN(C)c1ncccc1C(=O)N1CCC[C@@H](n2cccn2)C1. The summed E-state index contributed by atoms with van der Waals surface area (Å²) in [6.45, 7) is 1.49. The second-order valence-corrected chi connectivity index (χ2v) is 5.80. The molecular weight excluding hydrogens is 278 g/mol. The third-order valence-electron chi connectivity index (χ3n) is 4.02. The number of amides is 1. The Morgan fingerprint density at radius 2 is 2.18 bits per heavy atom. The standard InChI is InChI=1S/C16H21N5O/c1-19(2)15-14(7-3-8-17-15)16(22)20-10-4-6-13(12-20)21-11-5-9-18-21/h3,5,7-9,11,13H,4,6,10,12H2,1-2H3/t13-/m1/s1. The highest BCUT2D eigenvalue weighted by atomic mass is 16.2. The smallest absolute Gasteiger partial charge is 0.257 e. The molecule has 0 spiro atoms. The predicted molar refractivity (Wildman–Crippen MR) is 85.0 cm³/mol. The molecule has 0 aliphatic carbocycles. The number of carbonyl (C=O) groups is 1.